The molecule has 1 aliphatic rings. The second kappa shape index (κ2) is 1.13. The molecule has 0 aromatic carbocycles. The summed E-state index contributed by atoms with van der Waals surface area (Å²) in [6.45, 7) is 3.74. The Balaban J connectivity index is 2.31. The van der Waals surface area contributed by atoms with Crippen LogP contribution in [0.1, 0.15) is 19.3 Å². The Labute approximate surface area is 43.5 Å². The lowest BCUT2D eigenvalue weighted by Crippen LogP contribution is -2.25. The van der Waals surface area contributed by atoms with Crippen LogP contribution in [-0.2, 0) is 0 Å². The fourth-order valence-corrected chi connectivity index (χ4v) is 0.828. The van der Waals surface area contributed by atoms with Crippen molar-refractivity contribution in [1.82, 2.24) is 0 Å². The van der Waals surface area contributed by atoms with Crippen molar-refractivity contribution in [1.29, 1.82) is 0 Å². The van der Waals surface area contributed by atoms with E-state index in [1.807, 2.05) is 0 Å². The zero-order chi connectivity index (χ0) is 4.62. The Morgan fingerprint density at radius 3 is 1.83 bits per heavy atom. The van der Waals surface area contributed by atoms with Crippen molar-refractivity contribution in [2.75, 3.05) is 0 Å². The summed E-state index contributed by atoms with van der Waals surface area (Å²) >= 11 is 5.69. The first-order chi connectivity index (χ1) is 2.71. The zero-order valence-electron chi connectivity index (χ0n) is 3.71. The van der Waals surface area contributed by atoms with E-state index in [2.05, 4.69) is 6.92 Å². The number of hydrogen-bond acceptors (Lipinski definition) is 0. The van der Waals surface area contributed by atoms with Gasteiger partial charge in [-0.2, -0.15) is 0 Å². The van der Waals surface area contributed by atoms with Crippen LogP contribution in [0.4, 0.5) is 0 Å². The van der Waals surface area contributed by atoms with E-state index in [9.17, 15) is 0 Å². The molecule has 0 atom stereocenters. The second-order valence-electron chi connectivity index (χ2n) is 2.00. The van der Waals surface area contributed by atoms with Gasteiger partial charge < -0.3 is 0 Å². The highest BCUT2D eigenvalue weighted by molar-refractivity contribution is 6.25. The maximum Gasteiger partial charge on any atom is 0.0447 e. The zero-order valence-corrected chi connectivity index (χ0v) is 4.46. The average molecular weight is 104 g/mol. The molecule has 0 spiro atoms. The molecule has 0 amide bonds. The van der Waals surface area contributed by atoms with E-state index < -0.39 is 0 Å². The molecule has 0 saturated heterocycles. The van der Waals surface area contributed by atoms with Gasteiger partial charge in [-0.15, -0.1) is 11.6 Å². The van der Waals surface area contributed by atoms with Gasteiger partial charge in [0.2, 0.25) is 0 Å². The van der Waals surface area contributed by atoms with Crippen LogP contribution in [0.5, 0.6) is 0 Å². The number of hydrogen-bond donors (Lipinski definition) is 0. The van der Waals surface area contributed by atoms with Crippen molar-refractivity contribution < 1.29 is 0 Å². The summed E-state index contributed by atoms with van der Waals surface area (Å²) in [5, 5.41) is 0. The molecule has 0 aromatic heterocycles. The van der Waals surface area contributed by atoms with Crippen LogP contribution in [0.15, 0.2) is 0 Å². The summed E-state index contributed by atoms with van der Waals surface area (Å²) in [6.07, 6.45) is 3.48. The van der Waals surface area contributed by atoms with Crippen LogP contribution in [0.2, 0.25) is 0 Å². The van der Waals surface area contributed by atoms with Gasteiger partial charge in [-0.25, -0.2) is 0 Å². The largest absolute Gasteiger partial charge is 0.119 e. The first-order valence-corrected chi connectivity index (χ1v) is 2.63. The van der Waals surface area contributed by atoms with Gasteiger partial charge in [0, 0.05) is 4.87 Å². The van der Waals surface area contributed by atoms with Crippen LogP contribution in [0, 0.1) is 6.92 Å². The van der Waals surface area contributed by atoms with Crippen molar-refractivity contribution in [2.45, 2.75) is 24.1 Å². The highest BCUT2D eigenvalue weighted by Gasteiger charge is 2.28. The minimum atomic E-state index is -0.0556. The molecule has 1 rings (SSSR count). The molecule has 1 saturated carbocycles. The van der Waals surface area contributed by atoms with Crippen LogP contribution in [0.3, 0.4) is 0 Å². The van der Waals surface area contributed by atoms with Crippen LogP contribution in [0.25, 0.3) is 0 Å². The number of rotatable bonds is 0. The third-order valence-electron chi connectivity index (χ3n) is 1.25. The molecule has 6 heavy (non-hydrogen) atoms. The average Bonchev–Trinajstić information content (AvgIpc) is 1.32. The normalized spacial score (nSPS) is 29.0. The minimum Gasteiger partial charge on any atom is -0.119 e. The van der Waals surface area contributed by atoms with Crippen molar-refractivity contribution in [3.8, 4) is 0 Å². The lowest BCUT2D eigenvalue weighted by Gasteiger charge is -2.30. The lowest BCUT2D eigenvalue weighted by atomic mass is 9.86. The van der Waals surface area contributed by atoms with E-state index in [0.717, 1.165) is 12.8 Å². The van der Waals surface area contributed by atoms with Gasteiger partial charge in [-0.1, -0.05) is 0 Å². The predicted octanol–water partition coefficient (Wildman–Crippen LogP) is 1.98. The molecular formula is C5H8Cl. The Hall–Kier alpha value is 0.290. The first-order valence-electron chi connectivity index (χ1n) is 2.25. The van der Waals surface area contributed by atoms with Gasteiger partial charge in [0.25, 0.3) is 0 Å². The molecule has 35 valence electrons. The van der Waals surface area contributed by atoms with Crippen LogP contribution >= 0.6 is 11.6 Å². The topological polar surface area (TPSA) is 0 Å². The molecule has 0 heterocycles. The maximum absolute atomic E-state index is 5.69. The van der Waals surface area contributed by atoms with Crippen molar-refractivity contribution in [3.05, 3.63) is 6.92 Å². The van der Waals surface area contributed by atoms with E-state index in [-0.39, 0.29) is 4.87 Å². The summed E-state index contributed by atoms with van der Waals surface area (Å²) in [5.74, 6) is 0. The first kappa shape index (κ1) is 4.45. The fraction of sp³-hybridized carbons (Fsp3) is 0.800. The van der Waals surface area contributed by atoms with Gasteiger partial charge in [0.15, 0.2) is 0 Å². The Morgan fingerprint density at radius 1 is 1.50 bits per heavy atom. The highest BCUT2D eigenvalue weighted by atomic mass is 35.5. The van der Waals surface area contributed by atoms with E-state index in [1.165, 1.54) is 6.42 Å². The summed E-state index contributed by atoms with van der Waals surface area (Å²) in [7, 11) is 0. The highest BCUT2D eigenvalue weighted by Crippen LogP contribution is 2.36. The maximum atomic E-state index is 5.69. The molecule has 0 unspecified atom stereocenters. The third-order valence-corrected chi connectivity index (χ3v) is 1.63. The molecule has 0 nitrogen and oxygen atoms in total. The molecule has 1 radical (unpaired) electrons. The molecule has 1 fully saturated rings. The van der Waals surface area contributed by atoms with Crippen LogP contribution < -0.4 is 0 Å². The minimum absolute atomic E-state index is 0.0556. The van der Waals surface area contributed by atoms with E-state index in [0.29, 0.717) is 0 Å². The van der Waals surface area contributed by atoms with E-state index in [1.54, 1.807) is 0 Å². The van der Waals surface area contributed by atoms with E-state index in [4.69, 9.17) is 11.6 Å². The summed E-state index contributed by atoms with van der Waals surface area (Å²) in [4.78, 5) is -0.0556. The standard InChI is InChI=1S/C5H8Cl/c1-5(6)3-2-4-5/h1-4H2. The SMILES string of the molecule is [CH2]C1(Cl)CCC1. The Morgan fingerprint density at radius 2 is 1.83 bits per heavy atom. The smallest absolute Gasteiger partial charge is 0.0447 e. The molecule has 1 heteroatoms. The number of halogens is 1. The van der Waals surface area contributed by atoms with Crippen molar-refractivity contribution in [3.63, 3.8) is 0 Å². The molecular weight excluding hydrogens is 95.5 g/mol. The van der Waals surface area contributed by atoms with Crippen molar-refractivity contribution in [2.24, 2.45) is 0 Å². The number of alkyl halides is 1. The lowest BCUT2D eigenvalue weighted by molar-refractivity contribution is 0.419. The van der Waals surface area contributed by atoms with E-state index >= 15 is 0 Å². The fourth-order valence-electron chi connectivity index (χ4n) is 0.560. The molecule has 0 aromatic rings. The molecule has 1 aliphatic carbocycles. The molecule has 0 bridgehead atoms. The van der Waals surface area contributed by atoms with Crippen LogP contribution in [-0.4, -0.2) is 4.87 Å². The Kier molecular flexibility index (Phi) is 0.836. The predicted molar refractivity (Wildman–Crippen MR) is 27.8 cm³/mol. The summed E-state index contributed by atoms with van der Waals surface area (Å²) in [5.41, 5.74) is 0. The van der Waals surface area contributed by atoms with Gasteiger partial charge in [-0.3, -0.25) is 0 Å². The molecule has 0 aliphatic heterocycles. The monoisotopic (exact) mass is 103 g/mol. The van der Waals surface area contributed by atoms with Gasteiger partial charge >= 0.3 is 0 Å². The Bertz CT molecular complexity index is 51.0. The van der Waals surface area contributed by atoms with Crippen molar-refractivity contribution >= 4 is 11.6 Å². The summed E-state index contributed by atoms with van der Waals surface area (Å²) in [6, 6.07) is 0. The van der Waals surface area contributed by atoms with Gasteiger partial charge in [0.05, 0.1) is 0 Å². The molecule has 0 N–H and O–H groups in total. The quantitative estimate of drug-likeness (QED) is 0.412. The van der Waals surface area contributed by atoms with Gasteiger partial charge in [0.1, 0.15) is 0 Å². The third kappa shape index (κ3) is 0.676. The van der Waals surface area contributed by atoms with Gasteiger partial charge in [-0.05, 0) is 26.2 Å². The second-order valence-corrected chi connectivity index (χ2v) is 2.81. The summed E-state index contributed by atoms with van der Waals surface area (Å²) < 4.78 is 0.